The first kappa shape index (κ1) is 17.1. The second-order valence-electron chi connectivity index (χ2n) is 6.59. The first-order chi connectivity index (χ1) is 13.2. The van der Waals surface area contributed by atoms with Gasteiger partial charge in [0.2, 0.25) is 5.91 Å². The molecule has 3 aromatic rings. The lowest BCUT2D eigenvalue weighted by molar-refractivity contribution is -0.119. The van der Waals surface area contributed by atoms with Crippen LogP contribution in [-0.4, -0.2) is 44.3 Å². The van der Waals surface area contributed by atoms with Gasteiger partial charge in [-0.15, -0.1) is 0 Å². The highest BCUT2D eigenvalue weighted by molar-refractivity contribution is 5.94. The third-order valence-corrected chi connectivity index (χ3v) is 4.58. The van der Waals surface area contributed by atoms with E-state index >= 15 is 0 Å². The molecule has 1 unspecified atom stereocenters. The molecule has 2 amide bonds. The predicted octanol–water partition coefficient (Wildman–Crippen LogP) is 1.95. The lowest BCUT2D eigenvalue weighted by atomic mass is 10.2. The van der Waals surface area contributed by atoms with Crippen molar-refractivity contribution in [1.82, 2.24) is 25.2 Å². The molecule has 1 aliphatic heterocycles. The van der Waals surface area contributed by atoms with E-state index in [2.05, 4.69) is 20.3 Å². The van der Waals surface area contributed by atoms with Gasteiger partial charge in [0.1, 0.15) is 5.69 Å². The van der Waals surface area contributed by atoms with Crippen LogP contribution in [0.3, 0.4) is 0 Å². The van der Waals surface area contributed by atoms with Crippen molar-refractivity contribution in [2.24, 2.45) is 0 Å². The number of benzene rings is 1. The zero-order chi connectivity index (χ0) is 18.6. The van der Waals surface area contributed by atoms with E-state index in [0.29, 0.717) is 30.7 Å². The molecule has 1 N–H and O–H groups in total. The summed E-state index contributed by atoms with van der Waals surface area (Å²) in [5, 5.41) is 2.92. The van der Waals surface area contributed by atoms with Crippen LogP contribution in [0.2, 0.25) is 0 Å². The molecule has 4 rings (SSSR count). The number of hydrogen-bond acceptors (Lipinski definition) is 5. The highest BCUT2D eigenvalue weighted by Gasteiger charge is 2.27. The van der Waals surface area contributed by atoms with Crippen molar-refractivity contribution in [2.75, 3.05) is 6.54 Å². The highest BCUT2D eigenvalue weighted by Crippen LogP contribution is 2.15. The lowest BCUT2D eigenvalue weighted by Crippen LogP contribution is -2.41. The monoisotopic (exact) mass is 361 g/mol. The Kier molecular flexibility index (Phi) is 4.74. The predicted molar refractivity (Wildman–Crippen MR) is 99.7 cm³/mol. The number of pyridine rings is 1. The minimum atomic E-state index is -0.210. The van der Waals surface area contributed by atoms with Gasteiger partial charge < -0.3 is 10.2 Å². The first-order valence-electron chi connectivity index (χ1n) is 8.88. The number of para-hydroxylation sites is 2. The van der Waals surface area contributed by atoms with Crippen LogP contribution < -0.4 is 5.32 Å². The molecule has 1 fully saturated rings. The Hall–Kier alpha value is -3.35. The summed E-state index contributed by atoms with van der Waals surface area (Å²) in [5.41, 5.74) is 2.64. The zero-order valence-electron chi connectivity index (χ0n) is 14.7. The summed E-state index contributed by atoms with van der Waals surface area (Å²) in [7, 11) is 0. The van der Waals surface area contributed by atoms with E-state index in [4.69, 9.17) is 0 Å². The zero-order valence-corrected chi connectivity index (χ0v) is 14.7. The van der Waals surface area contributed by atoms with E-state index in [1.54, 1.807) is 17.3 Å². The number of rotatable bonds is 5. The second-order valence-corrected chi connectivity index (χ2v) is 6.59. The van der Waals surface area contributed by atoms with Crippen molar-refractivity contribution in [3.05, 3.63) is 66.2 Å². The van der Waals surface area contributed by atoms with E-state index < -0.39 is 0 Å². The Morgan fingerprint density at radius 1 is 1.15 bits per heavy atom. The first-order valence-corrected chi connectivity index (χ1v) is 8.88. The molecular formula is C20H19N5O2. The van der Waals surface area contributed by atoms with Crippen molar-refractivity contribution in [3.63, 3.8) is 0 Å². The molecule has 1 atom stereocenters. The summed E-state index contributed by atoms with van der Waals surface area (Å²) in [4.78, 5) is 39.3. The molecule has 7 nitrogen and oxygen atoms in total. The number of aromatic nitrogens is 3. The fourth-order valence-electron chi connectivity index (χ4n) is 3.23. The van der Waals surface area contributed by atoms with Gasteiger partial charge in [-0.3, -0.25) is 19.6 Å². The van der Waals surface area contributed by atoms with Crippen molar-refractivity contribution in [1.29, 1.82) is 0 Å². The molecule has 27 heavy (non-hydrogen) atoms. The Bertz CT molecular complexity index is 976. The number of nitrogens with one attached hydrogen (secondary N) is 1. The average molecular weight is 361 g/mol. The molecule has 1 saturated heterocycles. The summed E-state index contributed by atoms with van der Waals surface area (Å²) in [6.07, 6.45) is 6.16. The molecule has 0 aliphatic carbocycles. The van der Waals surface area contributed by atoms with Gasteiger partial charge in [-0.05, 0) is 30.2 Å². The quantitative estimate of drug-likeness (QED) is 0.750. The van der Waals surface area contributed by atoms with Crippen LogP contribution in [0.4, 0.5) is 0 Å². The number of fused-ring (bicyclic) bond motifs is 1. The average Bonchev–Trinajstić information content (AvgIpc) is 3.12. The maximum atomic E-state index is 13.2. The third-order valence-electron chi connectivity index (χ3n) is 4.58. The summed E-state index contributed by atoms with van der Waals surface area (Å²) >= 11 is 0. The number of nitrogens with zero attached hydrogens (tertiary/aromatic N) is 4. The van der Waals surface area contributed by atoms with Gasteiger partial charge in [0.15, 0.2) is 0 Å². The Morgan fingerprint density at radius 3 is 2.74 bits per heavy atom. The topological polar surface area (TPSA) is 88.1 Å². The molecule has 2 aromatic heterocycles. The molecule has 0 saturated carbocycles. The summed E-state index contributed by atoms with van der Waals surface area (Å²) in [6.45, 7) is 0.821. The van der Waals surface area contributed by atoms with Gasteiger partial charge in [-0.2, -0.15) is 0 Å². The number of amides is 2. The molecule has 7 heteroatoms. The largest absolute Gasteiger partial charge is 0.352 e. The van der Waals surface area contributed by atoms with Crippen LogP contribution in [-0.2, 0) is 11.3 Å². The van der Waals surface area contributed by atoms with Gasteiger partial charge in [0, 0.05) is 37.9 Å². The molecule has 0 radical (unpaired) electrons. The third kappa shape index (κ3) is 3.92. The summed E-state index contributed by atoms with van der Waals surface area (Å²) < 4.78 is 0. The SMILES string of the molecule is O=C1CCC(CN(Cc2cccnc2)C(=O)c2cnc3ccccc3n2)N1. The number of carbonyl (C=O) groups is 2. The molecule has 3 heterocycles. The summed E-state index contributed by atoms with van der Waals surface area (Å²) in [6, 6.07) is 11.2. The lowest BCUT2D eigenvalue weighted by Gasteiger charge is -2.25. The molecule has 1 aromatic carbocycles. The van der Waals surface area contributed by atoms with Crippen molar-refractivity contribution >= 4 is 22.8 Å². The van der Waals surface area contributed by atoms with Gasteiger partial charge in [-0.1, -0.05) is 18.2 Å². The van der Waals surface area contributed by atoms with Gasteiger partial charge in [-0.25, -0.2) is 4.98 Å². The van der Waals surface area contributed by atoms with E-state index in [1.807, 2.05) is 36.4 Å². The van der Waals surface area contributed by atoms with Crippen molar-refractivity contribution in [3.8, 4) is 0 Å². The Balaban J connectivity index is 1.60. The smallest absolute Gasteiger partial charge is 0.274 e. The molecule has 0 bridgehead atoms. The Labute approximate surface area is 156 Å². The fourth-order valence-corrected chi connectivity index (χ4v) is 3.23. The number of carbonyl (C=O) groups excluding carboxylic acids is 2. The maximum absolute atomic E-state index is 13.2. The van der Waals surface area contributed by atoms with Crippen LogP contribution in [0.1, 0.15) is 28.9 Å². The van der Waals surface area contributed by atoms with E-state index in [0.717, 1.165) is 17.5 Å². The Morgan fingerprint density at radius 2 is 2.00 bits per heavy atom. The molecule has 136 valence electrons. The van der Waals surface area contributed by atoms with Gasteiger partial charge >= 0.3 is 0 Å². The van der Waals surface area contributed by atoms with Crippen molar-refractivity contribution < 1.29 is 9.59 Å². The highest BCUT2D eigenvalue weighted by atomic mass is 16.2. The van der Waals surface area contributed by atoms with E-state index in [1.165, 1.54) is 6.20 Å². The minimum Gasteiger partial charge on any atom is -0.352 e. The van der Waals surface area contributed by atoms with Crippen LogP contribution in [0, 0.1) is 0 Å². The molecular weight excluding hydrogens is 342 g/mol. The van der Waals surface area contributed by atoms with Crippen molar-refractivity contribution in [2.45, 2.75) is 25.4 Å². The van der Waals surface area contributed by atoms with Crippen LogP contribution >= 0.6 is 0 Å². The van der Waals surface area contributed by atoms with Crippen LogP contribution in [0.15, 0.2) is 55.0 Å². The molecule has 0 spiro atoms. The molecule has 1 aliphatic rings. The number of hydrogen-bond donors (Lipinski definition) is 1. The van der Waals surface area contributed by atoms with E-state index in [-0.39, 0.29) is 17.9 Å². The van der Waals surface area contributed by atoms with Gasteiger partial charge in [0.25, 0.3) is 5.91 Å². The van der Waals surface area contributed by atoms with E-state index in [9.17, 15) is 9.59 Å². The van der Waals surface area contributed by atoms with Gasteiger partial charge in [0.05, 0.1) is 17.2 Å². The maximum Gasteiger partial charge on any atom is 0.274 e. The minimum absolute atomic E-state index is 0.0271. The fraction of sp³-hybridized carbons (Fsp3) is 0.250. The second kappa shape index (κ2) is 7.49. The summed E-state index contributed by atoms with van der Waals surface area (Å²) in [5.74, 6) is -0.183. The normalized spacial score (nSPS) is 16.3. The van der Waals surface area contributed by atoms with Crippen LogP contribution in [0.5, 0.6) is 0 Å². The van der Waals surface area contributed by atoms with Crippen LogP contribution in [0.25, 0.3) is 11.0 Å². The standard InChI is InChI=1S/C20H19N5O2/c26-19-8-7-15(23-19)13-25(12-14-4-3-9-21-10-14)20(27)18-11-22-16-5-1-2-6-17(16)24-18/h1-6,9-11,15H,7-8,12-13H2,(H,23,26).